The van der Waals surface area contributed by atoms with Crippen molar-refractivity contribution >= 4 is 65.4 Å². The van der Waals surface area contributed by atoms with Gasteiger partial charge in [-0.3, -0.25) is 0 Å². The molecule has 3 aromatic heterocycles. The zero-order valence-corrected chi connectivity index (χ0v) is 50.7. The van der Waals surface area contributed by atoms with Crippen LogP contribution >= 0.6 is 0 Å². The molecule has 90 heavy (non-hydrogen) atoms. The van der Waals surface area contributed by atoms with Gasteiger partial charge in [0.15, 0.2) is 0 Å². The van der Waals surface area contributed by atoms with Crippen LogP contribution in [0.5, 0.6) is 0 Å². The standard InChI is InChI=1S/2C31H23N.C25H19N/c1-22-12-14-24(15-13-22)26-16-18-28-29-20-25(23-8-4-2-5-9-23)17-19-30(29)32(31(28)21-26)27-10-6-3-7-11-27;1-22-12-14-24(15-13-22)26-17-19-31-29(21-26)28-20-25(23-8-4-2-5-9-23)16-18-30(28)32(31)27-10-6-3-7-11-27;1-18-10-12-19(13-11-18)20-14-16-21(17-15-20)26-24-8-4-2-6-22(24)23-7-3-5-9-25(23)26/h2*2-21H,1H3;2-17H,1H3. The molecule has 0 saturated carbocycles. The molecule has 0 fully saturated rings. The second-order valence-electron chi connectivity index (χ2n) is 23.5. The molecule has 3 nitrogen and oxygen atoms in total. The van der Waals surface area contributed by atoms with Crippen molar-refractivity contribution in [3.05, 3.63) is 356 Å². The third kappa shape index (κ3) is 10.6. The van der Waals surface area contributed by atoms with E-state index >= 15 is 0 Å². The van der Waals surface area contributed by atoms with Gasteiger partial charge in [-0.05, 0) is 167 Å². The van der Waals surface area contributed by atoms with Crippen LogP contribution in [0, 0.1) is 20.8 Å². The van der Waals surface area contributed by atoms with E-state index in [0.717, 1.165) is 0 Å². The van der Waals surface area contributed by atoms with Crippen molar-refractivity contribution < 1.29 is 0 Å². The van der Waals surface area contributed by atoms with E-state index in [1.54, 1.807) is 0 Å². The Bertz CT molecular complexity index is 5310. The molecule has 0 atom stereocenters. The molecule has 17 rings (SSSR count). The molecule has 0 N–H and O–H groups in total. The lowest BCUT2D eigenvalue weighted by molar-refractivity contribution is 1.18. The van der Waals surface area contributed by atoms with E-state index in [9.17, 15) is 0 Å². The van der Waals surface area contributed by atoms with Gasteiger partial charge in [0.2, 0.25) is 0 Å². The summed E-state index contributed by atoms with van der Waals surface area (Å²) in [5, 5.41) is 7.70. The maximum atomic E-state index is 2.39. The third-order valence-electron chi connectivity index (χ3n) is 17.6. The van der Waals surface area contributed by atoms with E-state index in [0.29, 0.717) is 0 Å². The smallest absolute Gasteiger partial charge is 0.0547 e. The molecule has 428 valence electrons. The lowest BCUT2D eigenvalue weighted by Crippen LogP contribution is -1.93. The van der Waals surface area contributed by atoms with Gasteiger partial charge in [-0.25, -0.2) is 0 Å². The maximum Gasteiger partial charge on any atom is 0.0547 e. The highest BCUT2D eigenvalue weighted by molar-refractivity contribution is 6.13. The largest absolute Gasteiger partial charge is 0.309 e. The molecular formula is C87H65N3. The van der Waals surface area contributed by atoms with Crippen molar-refractivity contribution in [3.63, 3.8) is 0 Å². The van der Waals surface area contributed by atoms with Crippen molar-refractivity contribution in [2.45, 2.75) is 20.8 Å². The van der Waals surface area contributed by atoms with E-state index in [1.165, 1.54) is 155 Å². The molecule has 0 unspecified atom stereocenters. The van der Waals surface area contributed by atoms with Gasteiger partial charge in [-0.15, -0.1) is 0 Å². The monoisotopic (exact) mass is 1150 g/mol. The molecule has 3 heteroatoms. The number of fused-ring (bicyclic) bond motifs is 9. The average Bonchev–Trinajstić information content (AvgIpc) is 1.72. The molecule has 0 bridgehead atoms. The van der Waals surface area contributed by atoms with Crippen LogP contribution in [0.1, 0.15) is 16.7 Å². The third-order valence-corrected chi connectivity index (χ3v) is 17.6. The second-order valence-corrected chi connectivity index (χ2v) is 23.5. The minimum atomic E-state index is 1.18. The van der Waals surface area contributed by atoms with Gasteiger partial charge >= 0.3 is 0 Å². The van der Waals surface area contributed by atoms with Gasteiger partial charge < -0.3 is 13.7 Å². The first kappa shape index (κ1) is 55.1. The summed E-state index contributed by atoms with van der Waals surface area (Å²) < 4.78 is 7.11. The van der Waals surface area contributed by atoms with Crippen molar-refractivity contribution in [2.75, 3.05) is 0 Å². The van der Waals surface area contributed by atoms with Gasteiger partial charge in [-0.2, -0.15) is 0 Å². The molecule has 0 aliphatic heterocycles. The van der Waals surface area contributed by atoms with Crippen LogP contribution < -0.4 is 0 Å². The molecule has 3 heterocycles. The van der Waals surface area contributed by atoms with E-state index in [2.05, 4.69) is 374 Å². The number of aryl methyl sites for hydroxylation is 3. The zero-order chi connectivity index (χ0) is 60.5. The van der Waals surface area contributed by atoms with E-state index < -0.39 is 0 Å². The van der Waals surface area contributed by atoms with Crippen LogP contribution in [0.2, 0.25) is 0 Å². The van der Waals surface area contributed by atoms with Crippen LogP contribution in [-0.4, -0.2) is 13.7 Å². The summed E-state index contributed by atoms with van der Waals surface area (Å²) in [6, 6.07) is 122. The Morgan fingerprint density at radius 2 is 0.400 bits per heavy atom. The highest BCUT2D eigenvalue weighted by Crippen LogP contribution is 2.40. The van der Waals surface area contributed by atoms with Crippen molar-refractivity contribution in [3.8, 4) is 72.7 Å². The number of para-hydroxylation sites is 4. The van der Waals surface area contributed by atoms with Crippen LogP contribution in [0.3, 0.4) is 0 Å². The van der Waals surface area contributed by atoms with Gasteiger partial charge in [0.25, 0.3) is 0 Å². The Hall–Kier alpha value is -11.5. The Morgan fingerprint density at radius 1 is 0.156 bits per heavy atom. The summed E-state index contributed by atoms with van der Waals surface area (Å²) in [6.07, 6.45) is 0. The minimum Gasteiger partial charge on any atom is -0.309 e. The molecule has 0 spiro atoms. The van der Waals surface area contributed by atoms with E-state index in [1.807, 2.05) is 0 Å². The van der Waals surface area contributed by atoms with Gasteiger partial charge in [-0.1, -0.05) is 265 Å². The fourth-order valence-corrected chi connectivity index (χ4v) is 13.0. The van der Waals surface area contributed by atoms with Crippen molar-refractivity contribution in [2.24, 2.45) is 0 Å². The highest BCUT2D eigenvalue weighted by Gasteiger charge is 2.18. The Kier molecular flexibility index (Phi) is 14.7. The lowest BCUT2D eigenvalue weighted by Gasteiger charge is -2.09. The van der Waals surface area contributed by atoms with Gasteiger partial charge in [0.05, 0.1) is 33.1 Å². The van der Waals surface area contributed by atoms with E-state index in [4.69, 9.17) is 0 Å². The van der Waals surface area contributed by atoms with Crippen LogP contribution in [-0.2, 0) is 0 Å². The van der Waals surface area contributed by atoms with Crippen molar-refractivity contribution in [1.82, 2.24) is 13.7 Å². The first-order valence-corrected chi connectivity index (χ1v) is 31.0. The van der Waals surface area contributed by atoms with Crippen LogP contribution in [0.25, 0.3) is 138 Å². The van der Waals surface area contributed by atoms with E-state index in [-0.39, 0.29) is 0 Å². The predicted octanol–water partition coefficient (Wildman–Crippen LogP) is 23.6. The summed E-state index contributed by atoms with van der Waals surface area (Å²) in [7, 11) is 0. The normalized spacial score (nSPS) is 11.3. The zero-order valence-electron chi connectivity index (χ0n) is 50.7. The molecule has 0 aliphatic carbocycles. The number of rotatable bonds is 8. The molecule has 0 radical (unpaired) electrons. The minimum absolute atomic E-state index is 1.18. The number of benzene rings is 14. The predicted molar refractivity (Wildman–Crippen MR) is 384 cm³/mol. The van der Waals surface area contributed by atoms with Gasteiger partial charge in [0.1, 0.15) is 0 Å². The van der Waals surface area contributed by atoms with Crippen LogP contribution in [0.15, 0.2) is 340 Å². The second kappa shape index (κ2) is 24.0. The fraction of sp³-hybridized carbons (Fsp3) is 0.0345. The Balaban J connectivity index is 0.000000113. The maximum absolute atomic E-state index is 2.39. The Morgan fingerprint density at radius 3 is 0.800 bits per heavy atom. The number of nitrogens with zero attached hydrogens (tertiary/aromatic N) is 3. The van der Waals surface area contributed by atoms with Gasteiger partial charge in [0, 0.05) is 49.4 Å². The first-order valence-electron chi connectivity index (χ1n) is 31.0. The fourth-order valence-electron chi connectivity index (χ4n) is 13.0. The topological polar surface area (TPSA) is 14.8 Å². The number of hydrogen-bond acceptors (Lipinski definition) is 0. The molecule has 0 saturated heterocycles. The van der Waals surface area contributed by atoms with Crippen molar-refractivity contribution in [1.29, 1.82) is 0 Å². The summed E-state index contributed by atoms with van der Waals surface area (Å²) >= 11 is 0. The average molecular weight is 1150 g/mol. The lowest BCUT2D eigenvalue weighted by atomic mass is 10.00. The summed E-state index contributed by atoms with van der Waals surface area (Å²) in [5.41, 5.74) is 27.3. The summed E-state index contributed by atoms with van der Waals surface area (Å²) in [4.78, 5) is 0. The molecular weight excluding hydrogens is 1090 g/mol. The quantitative estimate of drug-likeness (QED) is 0.144. The Labute approximate surface area is 525 Å². The number of hydrogen-bond donors (Lipinski definition) is 0. The number of aromatic nitrogens is 3. The summed E-state index contributed by atoms with van der Waals surface area (Å²) in [5.74, 6) is 0. The van der Waals surface area contributed by atoms with Crippen LogP contribution in [0.4, 0.5) is 0 Å². The molecule has 14 aromatic carbocycles. The first-order chi connectivity index (χ1) is 44.4. The SMILES string of the molecule is Cc1ccc(-c2ccc(-n3c4ccccc4c4ccccc43)cc2)cc1.Cc1ccc(-c2ccc3c(c2)c2cc(-c4ccccc4)ccc2n3-c2ccccc2)cc1.Cc1ccc(-c2ccc3c4cc(-c5ccccc5)ccc4n(-c4ccccc4)c3c2)cc1. The summed E-state index contributed by atoms with van der Waals surface area (Å²) in [6.45, 7) is 6.38. The molecule has 17 aromatic rings. The molecule has 0 amide bonds. The highest BCUT2D eigenvalue weighted by atomic mass is 15.0. The molecule has 0 aliphatic rings.